The first-order chi connectivity index (χ1) is 8.00. The van der Waals surface area contributed by atoms with E-state index < -0.39 is 0 Å². The van der Waals surface area contributed by atoms with Crippen molar-refractivity contribution in [3.05, 3.63) is 23.8 Å². The number of hydrogen-bond donors (Lipinski definition) is 2. The van der Waals surface area contributed by atoms with Crippen molar-refractivity contribution in [2.75, 3.05) is 25.5 Å². The molecule has 1 aromatic rings. The highest BCUT2D eigenvalue weighted by Gasteiger charge is 2.21. The number of ether oxygens (including phenoxy) is 1. The molecule has 1 unspecified atom stereocenters. The minimum absolute atomic E-state index is 0.173. The second-order valence-corrected chi connectivity index (χ2v) is 5.67. The second-order valence-electron chi connectivity index (χ2n) is 5.67. The smallest absolute Gasteiger partial charge is 0.142 e. The number of anilines is 1. The molecule has 2 N–H and O–H groups in total. The second kappa shape index (κ2) is 4.57. The predicted molar refractivity (Wildman–Crippen MR) is 72.0 cm³/mol. The molecule has 0 radical (unpaired) electrons. The van der Waals surface area contributed by atoms with Crippen LogP contribution in [0.25, 0.3) is 0 Å². The van der Waals surface area contributed by atoms with Gasteiger partial charge in [-0.2, -0.15) is 0 Å². The van der Waals surface area contributed by atoms with Gasteiger partial charge in [-0.1, -0.05) is 26.8 Å². The molecule has 0 saturated heterocycles. The molecule has 0 bridgehead atoms. The van der Waals surface area contributed by atoms with Crippen molar-refractivity contribution in [1.29, 1.82) is 0 Å². The minimum Gasteiger partial charge on any atom is -0.489 e. The molecule has 17 heavy (non-hydrogen) atoms. The van der Waals surface area contributed by atoms with E-state index in [9.17, 15) is 0 Å². The molecule has 0 aliphatic carbocycles. The lowest BCUT2D eigenvalue weighted by molar-refractivity contribution is 0.282. The summed E-state index contributed by atoms with van der Waals surface area (Å²) in [6, 6.07) is 6.77. The molecule has 0 spiro atoms. The maximum Gasteiger partial charge on any atom is 0.142 e. The highest BCUT2D eigenvalue weighted by atomic mass is 16.5. The Bertz CT molecular complexity index is 396. The van der Waals surface area contributed by atoms with Crippen molar-refractivity contribution < 1.29 is 4.74 Å². The third kappa shape index (κ3) is 2.72. The summed E-state index contributed by atoms with van der Waals surface area (Å²) in [6.45, 7) is 8.32. The molecular formula is C14H22N2O. The molecule has 1 atom stereocenters. The molecule has 3 heteroatoms. The molecule has 3 nitrogen and oxygen atoms in total. The Kier molecular flexibility index (Phi) is 3.29. The average Bonchev–Trinajstić information content (AvgIpc) is 2.27. The monoisotopic (exact) mass is 234 g/mol. The van der Waals surface area contributed by atoms with Gasteiger partial charge in [-0.3, -0.25) is 0 Å². The Labute approximate surface area is 104 Å². The number of benzene rings is 1. The molecule has 1 heterocycles. The van der Waals surface area contributed by atoms with E-state index >= 15 is 0 Å². The lowest BCUT2D eigenvalue weighted by Gasteiger charge is -2.29. The van der Waals surface area contributed by atoms with Crippen LogP contribution in [-0.4, -0.2) is 26.2 Å². The van der Waals surface area contributed by atoms with Gasteiger partial charge in [0.25, 0.3) is 0 Å². The first-order valence-corrected chi connectivity index (χ1v) is 6.19. The predicted octanol–water partition coefficient (Wildman–Crippen LogP) is 2.38. The topological polar surface area (TPSA) is 33.3 Å². The quantitative estimate of drug-likeness (QED) is 0.824. The Morgan fingerprint density at radius 3 is 2.82 bits per heavy atom. The van der Waals surface area contributed by atoms with Crippen LogP contribution < -0.4 is 15.4 Å². The standard InChI is InChI=1S/C14H22N2O/c1-14(2,3)10-5-6-13-12(7-10)16-11(8-15-4)9-17-13/h5-7,11,15-16H,8-9H2,1-4H3. The SMILES string of the molecule is CNCC1COc2ccc(C(C)(C)C)cc2N1. The van der Waals surface area contributed by atoms with Gasteiger partial charge in [-0.25, -0.2) is 0 Å². The van der Waals surface area contributed by atoms with Gasteiger partial charge in [0, 0.05) is 6.54 Å². The fourth-order valence-corrected chi connectivity index (χ4v) is 2.04. The summed E-state index contributed by atoms with van der Waals surface area (Å²) in [5.74, 6) is 0.963. The minimum atomic E-state index is 0.173. The van der Waals surface area contributed by atoms with Gasteiger partial charge in [0.15, 0.2) is 0 Å². The summed E-state index contributed by atoms with van der Waals surface area (Å²) in [6.07, 6.45) is 0. The van der Waals surface area contributed by atoms with Gasteiger partial charge in [-0.15, -0.1) is 0 Å². The number of nitrogens with one attached hydrogen (secondary N) is 2. The van der Waals surface area contributed by atoms with E-state index in [1.165, 1.54) is 5.56 Å². The fourth-order valence-electron chi connectivity index (χ4n) is 2.04. The zero-order valence-electron chi connectivity index (χ0n) is 11.1. The summed E-state index contributed by atoms with van der Waals surface area (Å²) in [7, 11) is 1.96. The van der Waals surface area contributed by atoms with Gasteiger partial charge in [-0.05, 0) is 30.2 Å². The summed E-state index contributed by atoms with van der Waals surface area (Å²) in [5, 5.41) is 6.69. The molecule has 1 aliphatic rings. The zero-order chi connectivity index (χ0) is 12.5. The van der Waals surface area contributed by atoms with Gasteiger partial charge < -0.3 is 15.4 Å². The third-order valence-corrected chi connectivity index (χ3v) is 3.10. The maximum atomic E-state index is 5.75. The Hall–Kier alpha value is -1.22. The van der Waals surface area contributed by atoms with Crippen LogP contribution in [0, 0.1) is 0 Å². The number of fused-ring (bicyclic) bond motifs is 1. The van der Waals surface area contributed by atoms with E-state index in [0.717, 1.165) is 24.6 Å². The van der Waals surface area contributed by atoms with Gasteiger partial charge in [0.2, 0.25) is 0 Å². The molecule has 0 amide bonds. The van der Waals surface area contributed by atoms with E-state index in [-0.39, 0.29) is 5.41 Å². The highest BCUT2D eigenvalue weighted by Crippen LogP contribution is 2.33. The van der Waals surface area contributed by atoms with Gasteiger partial charge in [0.05, 0.1) is 11.7 Å². The molecular weight excluding hydrogens is 212 g/mol. The maximum absolute atomic E-state index is 5.75. The number of rotatable bonds is 2. The van der Waals surface area contributed by atoms with Crippen molar-refractivity contribution in [1.82, 2.24) is 5.32 Å². The Morgan fingerprint density at radius 2 is 2.18 bits per heavy atom. The van der Waals surface area contributed by atoms with E-state index in [1.54, 1.807) is 0 Å². The molecule has 0 saturated carbocycles. The lowest BCUT2D eigenvalue weighted by atomic mass is 9.86. The normalized spacial score (nSPS) is 19.2. The lowest BCUT2D eigenvalue weighted by Crippen LogP contribution is -2.39. The van der Waals surface area contributed by atoms with Crippen LogP contribution in [0.3, 0.4) is 0 Å². The van der Waals surface area contributed by atoms with Crippen LogP contribution in [-0.2, 0) is 5.41 Å². The number of hydrogen-bond acceptors (Lipinski definition) is 3. The van der Waals surface area contributed by atoms with Crippen molar-refractivity contribution in [2.45, 2.75) is 32.2 Å². The van der Waals surface area contributed by atoms with Gasteiger partial charge in [0.1, 0.15) is 12.4 Å². The van der Waals surface area contributed by atoms with E-state index in [2.05, 4.69) is 49.6 Å². The van der Waals surface area contributed by atoms with Crippen LogP contribution in [0.4, 0.5) is 5.69 Å². The van der Waals surface area contributed by atoms with Crippen LogP contribution >= 0.6 is 0 Å². The summed E-state index contributed by atoms with van der Waals surface area (Å²) in [5.41, 5.74) is 2.62. The van der Waals surface area contributed by atoms with E-state index in [0.29, 0.717) is 6.04 Å². The largest absolute Gasteiger partial charge is 0.489 e. The first-order valence-electron chi connectivity index (χ1n) is 6.19. The van der Waals surface area contributed by atoms with Crippen LogP contribution in [0.1, 0.15) is 26.3 Å². The van der Waals surface area contributed by atoms with E-state index in [4.69, 9.17) is 4.74 Å². The third-order valence-electron chi connectivity index (χ3n) is 3.10. The molecule has 94 valence electrons. The Balaban J connectivity index is 2.23. The van der Waals surface area contributed by atoms with Crippen molar-refractivity contribution in [2.24, 2.45) is 0 Å². The Morgan fingerprint density at radius 1 is 1.41 bits per heavy atom. The average molecular weight is 234 g/mol. The zero-order valence-corrected chi connectivity index (χ0v) is 11.1. The van der Waals surface area contributed by atoms with Crippen molar-refractivity contribution in [3.63, 3.8) is 0 Å². The van der Waals surface area contributed by atoms with Crippen molar-refractivity contribution in [3.8, 4) is 5.75 Å². The molecule has 0 aromatic heterocycles. The highest BCUT2D eigenvalue weighted by molar-refractivity contribution is 5.60. The summed E-state index contributed by atoms with van der Waals surface area (Å²) in [4.78, 5) is 0. The fraction of sp³-hybridized carbons (Fsp3) is 0.571. The van der Waals surface area contributed by atoms with Crippen molar-refractivity contribution >= 4 is 5.69 Å². The summed E-state index contributed by atoms with van der Waals surface area (Å²) >= 11 is 0. The molecule has 2 rings (SSSR count). The van der Waals surface area contributed by atoms with Crippen LogP contribution in [0.5, 0.6) is 5.75 Å². The van der Waals surface area contributed by atoms with Crippen LogP contribution in [0.15, 0.2) is 18.2 Å². The van der Waals surface area contributed by atoms with E-state index in [1.807, 2.05) is 7.05 Å². The summed E-state index contributed by atoms with van der Waals surface area (Å²) < 4.78 is 5.75. The van der Waals surface area contributed by atoms with Crippen LogP contribution in [0.2, 0.25) is 0 Å². The molecule has 1 aliphatic heterocycles. The molecule has 0 fully saturated rings. The first kappa shape index (κ1) is 12.2. The number of likely N-dealkylation sites (N-methyl/N-ethyl adjacent to an activating group) is 1. The van der Waals surface area contributed by atoms with Gasteiger partial charge >= 0.3 is 0 Å². The molecule has 1 aromatic carbocycles.